The molecule has 1 saturated carbocycles. The SMILES string of the molecule is Cc1ccccc1C1(CNC(=O)NC2CCc3c(O)cccc32)CC1. The number of benzene rings is 2. The maximum atomic E-state index is 12.4. The lowest BCUT2D eigenvalue weighted by Gasteiger charge is -2.20. The fourth-order valence-electron chi connectivity index (χ4n) is 4.10. The first-order chi connectivity index (χ1) is 12.1. The molecule has 4 heteroatoms. The molecular formula is C21H24N2O2. The third kappa shape index (κ3) is 2.97. The Labute approximate surface area is 148 Å². The molecule has 0 bridgehead atoms. The number of nitrogens with one attached hydrogen (secondary N) is 2. The number of hydrogen-bond donors (Lipinski definition) is 3. The van der Waals surface area contributed by atoms with E-state index in [-0.39, 0.29) is 17.5 Å². The summed E-state index contributed by atoms with van der Waals surface area (Å²) in [4.78, 5) is 12.4. The fraction of sp³-hybridized carbons (Fsp3) is 0.381. The Morgan fingerprint density at radius 2 is 2.00 bits per heavy atom. The molecule has 2 aliphatic rings. The maximum Gasteiger partial charge on any atom is 0.315 e. The summed E-state index contributed by atoms with van der Waals surface area (Å²) < 4.78 is 0. The quantitative estimate of drug-likeness (QED) is 0.797. The van der Waals surface area contributed by atoms with Crippen molar-refractivity contribution in [1.29, 1.82) is 0 Å². The van der Waals surface area contributed by atoms with Gasteiger partial charge in [-0.2, -0.15) is 0 Å². The lowest BCUT2D eigenvalue weighted by atomic mass is 9.92. The van der Waals surface area contributed by atoms with Crippen LogP contribution in [-0.2, 0) is 11.8 Å². The minimum atomic E-state index is -0.124. The molecule has 1 unspecified atom stereocenters. The summed E-state index contributed by atoms with van der Waals surface area (Å²) in [6.45, 7) is 2.81. The molecule has 3 N–H and O–H groups in total. The van der Waals surface area contributed by atoms with Crippen molar-refractivity contribution < 1.29 is 9.90 Å². The van der Waals surface area contributed by atoms with Crippen LogP contribution in [0.4, 0.5) is 4.79 Å². The van der Waals surface area contributed by atoms with E-state index in [9.17, 15) is 9.90 Å². The number of carbonyl (C=O) groups excluding carboxylic acids is 1. The summed E-state index contributed by atoms with van der Waals surface area (Å²) in [7, 11) is 0. The van der Waals surface area contributed by atoms with Gasteiger partial charge in [-0.3, -0.25) is 0 Å². The first-order valence-corrected chi connectivity index (χ1v) is 9.00. The molecule has 2 aromatic carbocycles. The monoisotopic (exact) mass is 336 g/mol. The molecule has 1 atom stereocenters. The van der Waals surface area contributed by atoms with E-state index in [1.807, 2.05) is 12.1 Å². The normalized spacial score (nSPS) is 20.0. The molecule has 2 aliphatic carbocycles. The number of aryl methyl sites for hydroxylation is 1. The summed E-state index contributed by atoms with van der Waals surface area (Å²) >= 11 is 0. The zero-order valence-corrected chi connectivity index (χ0v) is 14.5. The Morgan fingerprint density at radius 1 is 1.20 bits per heavy atom. The maximum absolute atomic E-state index is 12.4. The van der Waals surface area contributed by atoms with Crippen LogP contribution in [0.3, 0.4) is 0 Å². The van der Waals surface area contributed by atoms with Crippen molar-refractivity contribution in [2.24, 2.45) is 0 Å². The van der Waals surface area contributed by atoms with Gasteiger partial charge in [-0.25, -0.2) is 4.79 Å². The van der Waals surface area contributed by atoms with E-state index in [0.717, 1.165) is 36.8 Å². The van der Waals surface area contributed by atoms with Gasteiger partial charge in [0.25, 0.3) is 0 Å². The molecule has 4 rings (SSSR count). The van der Waals surface area contributed by atoms with Gasteiger partial charge in [-0.15, -0.1) is 0 Å². The molecule has 130 valence electrons. The van der Waals surface area contributed by atoms with Crippen molar-refractivity contribution in [3.8, 4) is 5.75 Å². The second-order valence-electron chi connectivity index (χ2n) is 7.36. The van der Waals surface area contributed by atoms with Crippen molar-refractivity contribution in [3.05, 3.63) is 64.7 Å². The summed E-state index contributed by atoms with van der Waals surface area (Å²) in [6.07, 6.45) is 3.89. The Bertz CT molecular complexity index is 811. The van der Waals surface area contributed by atoms with Crippen molar-refractivity contribution in [1.82, 2.24) is 10.6 Å². The van der Waals surface area contributed by atoms with E-state index < -0.39 is 0 Å². The Balaban J connectivity index is 1.38. The topological polar surface area (TPSA) is 61.4 Å². The van der Waals surface area contributed by atoms with Crippen LogP contribution in [0.1, 0.15) is 47.6 Å². The smallest absolute Gasteiger partial charge is 0.315 e. The summed E-state index contributed by atoms with van der Waals surface area (Å²) in [6, 6.07) is 13.8. The Kier molecular flexibility index (Phi) is 3.91. The van der Waals surface area contributed by atoms with Gasteiger partial charge in [0, 0.05) is 12.0 Å². The molecule has 0 aromatic heterocycles. The van der Waals surface area contributed by atoms with Gasteiger partial charge >= 0.3 is 6.03 Å². The van der Waals surface area contributed by atoms with E-state index in [4.69, 9.17) is 0 Å². The van der Waals surface area contributed by atoms with Gasteiger partial charge in [0.15, 0.2) is 0 Å². The lowest BCUT2D eigenvalue weighted by molar-refractivity contribution is 0.236. The number of rotatable bonds is 4. The molecule has 0 radical (unpaired) electrons. The number of amides is 2. The second-order valence-corrected chi connectivity index (χ2v) is 7.36. The minimum Gasteiger partial charge on any atom is -0.508 e. The van der Waals surface area contributed by atoms with E-state index >= 15 is 0 Å². The molecule has 4 nitrogen and oxygen atoms in total. The van der Waals surface area contributed by atoms with Crippen molar-refractivity contribution in [3.63, 3.8) is 0 Å². The molecule has 0 aliphatic heterocycles. The highest BCUT2D eigenvalue weighted by molar-refractivity contribution is 5.75. The number of urea groups is 1. The first kappa shape index (κ1) is 16.0. The molecule has 1 fully saturated rings. The summed E-state index contributed by atoms with van der Waals surface area (Å²) in [5, 5.41) is 16.1. The van der Waals surface area contributed by atoms with Crippen LogP contribution in [-0.4, -0.2) is 17.7 Å². The van der Waals surface area contributed by atoms with E-state index in [1.54, 1.807) is 6.07 Å². The highest BCUT2D eigenvalue weighted by Crippen LogP contribution is 2.48. The number of hydrogen-bond acceptors (Lipinski definition) is 2. The Morgan fingerprint density at radius 3 is 2.76 bits per heavy atom. The van der Waals surface area contributed by atoms with Crippen LogP contribution in [0, 0.1) is 6.92 Å². The molecule has 0 spiro atoms. The third-order valence-electron chi connectivity index (χ3n) is 5.71. The van der Waals surface area contributed by atoms with Crippen LogP contribution < -0.4 is 10.6 Å². The lowest BCUT2D eigenvalue weighted by Crippen LogP contribution is -2.41. The zero-order chi connectivity index (χ0) is 17.4. The fourth-order valence-corrected chi connectivity index (χ4v) is 4.10. The predicted molar refractivity (Wildman–Crippen MR) is 97.8 cm³/mol. The second kappa shape index (κ2) is 6.10. The van der Waals surface area contributed by atoms with E-state index in [1.165, 1.54) is 11.1 Å². The van der Waals surface area contributed by atoms with E-state index in [0.29, 0.717) is 12.3 Å². The third-order valence-corrected chi connectivity index (χ3v) is 5.71. The molecule has 25 heavy (non-hydrogen) atoms. The highest BCUT2D eigenvalue weighted by atomic mass is 16.3. The minimum absolute atomic E-state index is 0.0179. The molecule has 0 saturated heterocycles. The standard InChI is InChI=1S/C21H24N2O2/c1-14-5-2-3-7-17(14)21(11-12-21)13-22-20(25)23-18-10-9-16-15(18)6-4-8-19(16)24/h2-8,18,24H,9-13H2,1H3,(H2,22,23,25). The average Bonchev–Trinajstić information content (AvgIpc) is 3.29. The summed E-state index contributed by atoms with van der Waals surface area (Å²) in [5.41, 5.74) is 4.75. The van der Waals surface area contributed by atoms with Crippen LogP contribution in [0.15, 0.2) is 42.5 Å². The van der Waals surface area contributed by atoms with Crippen molar-refractivity contribution in [2.75, 3.05) is 6.54 Å². The number of carbonyl (C=O) groups is 1. The van der Waals surface area contributed by atoms with Gasteiger partial charge < -0.3 is 15.7 Å². The molecule has 2 aromatic rings. The van der Waals surface area contributed by atoms with Crippen LogP contribution in [0.5, 0.6) is 5.75 Å². The molecular weight excluding hydrogens is 312 g/mol. The summed E-state index contributed by atoms with van der Waals surface area (Å²) in [5.74, 6) is 0.332. The van der Waals surface area contributed by atoms with Crippen molar-refractivity contribution >= 4 is 6.03 Å². The predicted octanol–water partition coefficient (Wildman–Crippen LogP) is 3.72. The largest absolute Gasteiger partial charge is 0.508 e. The highest BCUT2D eigenvalue weighted by Gasteiger charge is 2.45. The molecule has 2 amide bonds. The van der Waals surface area contributed by atoms with Gasteiger partial charge in [0.2, 0.25) is 0 Å². The van der Waals surface area contributed by atoms with Gasteiger partial charge in [0.05, 0.1) is 6.04 Å². The van der Waals surface area contributed by atoms with E-state index in [2.05, 4.69) is 41.8 Å². The number of phenolic OH excluding ortho intramolecular Hbond substituents is 1. The first-order valence-electron chi connectivity index (χ1n) is 9.00. The van der Waals surface area contributed by atoms with Crippen LogP contribution in [0.25, 0.3) is 0 Å². The number of aromatic hydroxyl groups is 1. The zero-order valence-electron chi connectivity index (χ0n) is 14.5. The number of fused-ring (bicyclic) bond motifs is 1. The van der Waals surface area contributed by atoms with Gasteiger partial charge in [-0.05, 0) is 60.9 Å². The molecule has 0 heterocycles. The van der Waals surface area contributed by atoms with Crippen LogP contribution >= 0.6 is 0 Å². The number of phenols is 1. The Hall–Kier alpha value is -2.49. The van der Waals surface area contributed by atoms with Gasteiger partial charge in [-0.1, -0.05) is 36.4 Å². The average molecular weight is 336 g/mol. The van der Waals surface area contributed by atoms with Gasteiger partial charge in [0.1, 0.15) is 5.75 Å². The van der Waals surface area contributed by atoms with Crippen LogP contribution in [0.2, 0.25) is 0 Å². The van der Waals surface area contributed by atoms with Crippen molar-refractivity contribution in [2.45, 2.75) is 44.1 Å².